The van der Waals surface area contributed by atoms with Crippen molar-refractivity contribution < 1.29 is 29.9 Å². The van der Waals surface area contributed by atoms with Crippen molar-refractivity contribution in [1.82, 2.24) is 0 Å². The van der Waals surface area contributed by atoms with E-state index in [1.165, 1.54) is 6.42 Å². The number of ether oxygens (including phenoxy) is 2. The molecule has 10 atom stereocenters. The van der Waals surface area contributed by atoms with Crippen molar-refractivity contribution in [3.8, 4) is 0 Å². The zero-order valence-corrected chi connectivity index (χ0v) is 19.0. The van der Waals surface area contributed by atoms with Gasteiger partial charge in [-0.25, -0.2) is 0 Å². The van der Waals surface area contributed by atoms with Gasteiger partial charge in [0.15, 0.2) is 11.9 Å². The van der Waals surface area contributed by atoms with Gasteiger partial charge in [0.25, 0.3) is 0 Å². The summed E-state index contributed by atoms with van der Waals surface area (Å²) in [6.07, 6.45) is 2.97. The van der Waals surface area contributed by atoms with Gasteiger partial charge in [0.1, 0.15) is 17.8 Å². The highest BCUT2D eigenvalue weighted by atomic mass is 16.7. The number of hydrogen-bond donors (Lipinski definition) is 4. The van der Waals surface area contributed by atoms with Crippen LogP contribution in [0, 0.1) is 28.6 Å². The first-order chi connectivity index (χ1) is 14.5. The number of aliphatic hydroxyl groups excluding tert-OH is 2. The Morgan fingerprint density at radius 2 is 1.84 bits per heavy atom. The van der Waals surface area contributed by atoms with Crippen molar-refractivity contribution in [1.29, 1.82) is 0 Å². The Labute approximate surface area is 183 Å². The molecule has 0 aromatic rings. The molecule has 6 heteroatoms. The van der Waals surface area contributed by atoms with Crippen LogP contribution in [0.3, 0.4) is 0 Å². The number of aliphatic hydroxyl groups is 4. The second-order valence-electron chi connectivity index (χ2n) is 12.0. The first-order valence-corrected chi connectivity index (χ1v) is 12.0. The van der Waals surface area contributed by atoms with Crippen LogP contribution in [0.25, 0.3) is 0 Å². The molecule has 31 heavy (non-hydrogen) atoms. The lowest BCUT2D eigenvalue weighted by Gasteiger charge is -2.56. The average molecular weight is 433 g/mol. The van der Waals surface area contributed by atoms with Crippen LogP contribution in [-0.2, 0) is 9.47 Å². The molecule has 4 N–H and O–H groups in total. The predicted octanol–water partition coefficient (Wildman–Crippen LogP) is 2.05. The third-order valence-corrected chi connectivity index (χ3v) is 10.2. The van der Waals surface area contributed by atoms with Gasteiger partial charge in [-0.1, -0.05) is 44.9 Å². The summed E-state index contributed by atoms with van der Waals surface area (Å²) in [5, 5.41) is 45.1. The Hall–Kier alpha value is -0.760. The van der Waals surface area contributed by atoms with Crippen molar-refractivity contribution in [3.63, 3.8) is 0 Å². The molecule has 0 spiro atoms. The van der Waals surface area contributed by atoms with Gasteiger partial charge >= 0.3 is 0 Å². The molecule has 2 bridgehead atoms. The lowest BCUT2D eigenvalue weighted by atomic mass is 9.51. The first-order valence-electron chi connectivity index (χ1n) is 12.0. The summed E-state index contributed by atoms with van der Waals surface area (Å²) in [7, 11) is 0. The highest BCUT2D eigenvalue weighted by Crippen LogP contribution is 2.68. The van der Waals surface area contributed by atoms with Crippen LogP contribution in [0.15, 0.2) is 22.8 Å². The summed E-state index contributed by atoms with van der Waals surface area (Å²) >= 11 is 0. The third-order valence-electron chi connectivity index (χ3n) is 10.2. The molecular formula is C25H36O6. The minimum atomic E-state index is -1.92. The van der Waals surface area contributed by atoms with Crippen LogP contribution in [0.1, 0.15) is 59.8 Å². The van der Waals surface area contributed by atoms with Gasteiger partial charge in [0, 0.05) is 11.3 Å². The van der Waals surface area contributed by atoms with Gasteiger partial charge in [-0.3, -0.25) is 0 Å². The Balaban J connectivity index is 1.55. The Morgan fingerprint density at radius 1 is 1.10 bits per heavy atom. The van der Waals surface area contributed by atoms with Gasteiger partial charge < -0.3 is 29.9 Å². The number of fused-ring (bicyclic) bond motifs is 5. The molecule has 4 fully saturated rings. The molecule has 172 valence electrons. The Kier molecular flexibility index (Phi) is 4.04. The van der Waals surface area contributed by atoms with E-state index in [2.05, 4.69) is 27.7 Å². The minimum Gasteiger partial charge on any atom is -0.387 e. The third kappa shape index (κ3) is 2.20. The van der Waals surface area contributed by atoms with E-state index in [-0.39, 0.29) is 29.5 Å². The van der Waals surface area contributed by atoms with E-state index >= 15 is 0 Å². The Bertz CT molecular complexity index is 894. The largest absolute Gasteiger partial charge is 0.387 e. The minimum absolute atomic E-state index is 0.193. The summed E-state index contributed by atoms with van der Waals surface area (Å²) in [6, 6.07) is 0. The van der Waals surface area contributed by atoms with Crippen LogP contribution < -0.4 is 0 Å². The van der Waals surface area contributed by atoms with Crippen LogP contribution >= 0.6 is 0 Å². The zero-order chi connectivity index (χ0) is 22.1. The van der Waals surface area contributed by atoms with Crippen LogP contribution in [-0.4, -0.2) is 62.8 Å². The molecule has 0 amide bonds. The number of rotatable bonds is 1. The highest BCUT2D eigenvalue weighted by Gasteiger charge is 2.77. The van der Waals surface area contributed by atoms with E-state index in [1.807, 2.05) is 6.08 Å². The van der Waals surface area contributed by atoms with Crippen molar-refractivity contribution in [2.75, 3.05) is 6.61 Å². The maximum Gasteiger partial charge on any atom is 0.190 e. The first kappa shape index (κ1) is 20.8. The lowest BCUT2D eigenvalue weighted by molar-refractivity contribution is -0.341. The monoisotopic (exact) mass is 432 g/mol. The molecular weight excluding hydrogens is 396 g/mol. The smallest absolute Gasteiger partial charge is 0.190 e. The van der Waals surface area contributed by atoms with Gasteiger partial charge in [-0.05, 0) is 54.9 Å². The second kappa shape index (κ2) is 6.02. The quantitative estimate of drug-likeness (QED) is 0.474. The van der Waals surface area contributed by atoms with Gasteiger partial charge in [0.2, 0.25) is 0 Å². The van der Waals surface area contributed by atoms with Crippen LogP contribution in [0.4, 0.5) is 0 Å². The van der Waals surface area contributed by atoms with E-state index in [1.54, 1.807) is 11.1 Å². The van der Waals surface area contributed by atoms with E-state index < -0.39 is 35.6 Å². The summed E-state index contributed by atoms with van der Waals surface area (Å²) < 4.78 is 12.2. The Morgan fingerprint density at radius 3 is 2.55 bits per heavy atom. The van der Waals surface area contributed by atoms with E-state index in [0.717, 1.165) is 25.7 Å². The molecule has 1 unspecified atom stereocenters. The van der Waals surface area contributed by atoms with E-state index in [9.17, 15) is 20.4 Å². The van der Waals surface area contributed by atoms with Crippen molar-refractivity contribution in [3.05, 3.63) is 22.8 Å². The normalized spacial score (nSPS) is 57.5. The molecule has 4 aliphatic carbocycles. The topological polar surface area (TPSA) is 99.4 Å². The standard InChI is InChI=1S/C25H36O6/c1-12(2)13-7-8-22(3)9-10-23(4)15(16(13)22)6-5-14-17-19(23)31-21-25(17,29)20(27)24(28,11-30-21)18(14)26/h5,12,15,17-21,26-29H,6-11H2,1-4H3/t15?,17-,18-,19+,20+,21+,22-,23-,24+,25-/m1/s1. The second-order valence-corrected chi connectivity index (χ2v) is 12.0. The average Bonchev–Trinajstić information content (AvgIpc) is 3.20. The summed E-state index contributed by atoms with van der Waals surface area (Å²) in [6.45, 7) is 8.97. The fourth-order valence-electron chi connectivity index (χ4n) is 8.38. The van der Waals surface area contributed by atoms with Gasteiger partial charge in [-0.2, -0.15) is 0 Å². The van der Waals surface area contributed by atoms with Crippen LogP contribution in [0.2, 0.25) is 0 Å². The van der Waals surface area contributed by atoms with Crippen molar-refractivity contribution >= 4 is 0 Å². The van der Waals surface area contributed by atoms with Crippen LogP contribution in [0.5, 0.6) is 0 Å². The van der Waals surface area contributed by atoms with E-state index in [4.69, 9.17) is 9.47 Å². The molecule has 2 saturated carbocycles. The molecule has 0 aromatic carbocycles. The fraction of sp³-hybridized carbons (Fsp3) is 0.840. The fourth-order valence-corrected chi connectivity index (χ4v) is 8.38. The summed E-state index contributed by atoms with van der Waals surface area (Å²) in [5.41, 5.74) is -0.00377. The molecule has 0 aromatic heterocycles. The highest BCUT2D eigenvalue weighted by molar-refractivity contribution is 5.42. The maximum absolute atomic E-state index is 11.7. The summed E-state index contributed by atoms with van der Waals surface area (Å²) in [4.78, 5) is 0. The van der Waals surface area contributed by atoms with E-state index in [0.29, 0.717) is 11.5 Å². The molecule has 2 heterocycles. The van der Waals surface area contributed by atoms with Gasteiger partial charge in [0.05, 0.1) is 12.7 Å². The molecule has 2 saturated heterocycles. The van der Waals surface area contributed by atoms with Crippen molar-refractivity contribution in [2.24, 2.45) is 28.6 Å². The molecule has 6 rings (SSSR count). The van der Waals surface area contributed by atoms with Crippen molar-refractivity contribution in [2.45, 2.75) is 95.6 Å². The lowest BCUT2D eigenvalue weighted by Crippen LogP contribution is -2.77. The maximum atomic E-state index is 11.7. The molecule has 6 nitrogen and oxygen atoms in total. The summed E-state index contributed by atoms with van der Waals surface area (Å²) in [5.74, 6) is 0.146. The molecule has 2 aliphatic heterocycles. The number of allylic oxidation sites excluding steroid dienone is 3. The molecule has 6 aliphatic rings. The predicted molar refractivity (Wildman–Crippen MR) is 113 cm³/mol. The zero-order valence-electron chi connectivity index (χ0n) is 19.0. The number of hydrogen-bond acceptors (Lipinski definition) is 6. The molecule has 0 radical (unpaired) electrons. The SMILES string of the molecule is CC(C)C1=C2C3CC=C4[C@@H](O)[C@@]5(O)CO[C@H]6O[C@@H]([C@@H]4[C@@]6(O)[C@H]5O)[C@]3(C)CC[C@@]2(C)CC1. The van der Waals surface area contributed by atoms with Gasteiger partial charge in [-0.15, -0.1) is 0 Å².